The number of carbonyl (C=O) groups is 2. The van der Waals surface area contributed by atoms with Crippen LogP contribution >= 0.6 is 15.9 Å². The van der Waals surface area contributed by atoms with Crippen LogP contribution in [0.1, 0.15) is 48.5 Å². The minimum Gasteiger partial charge on any atom is -0.488 e. The summed E-state index contributed by atoms with van der Waals surface area (Å²) < 4.78 is 7.01. The normalized spacial score (nSPS) is 19.6. The van der Waals surface area contributed by atoms with Crippen LogP contribution in [0, 0.1) is 11.8 Å². The summed E-state index contributed by atoms with van der Waals surface area (Å²) in [7, 11) is 0. The first-order chi connectivity index (χ1) is 15.5. The smallest absolute Gasteiger partial charge is 0.257 e. The molecule has 2 aromatic rings. The van der Waals surface area contributed by atoms with Crippen molar-refractivity contribution in [2.45, 2.75) is 39.2 Å². The Morgan fingerprint density at radius 2 is 1.69 bits per heavy atom. The van der Waals surface area contributed by atoms with Crippen molar-refractivity contribution >= 4 is 27.7 Å². The highest BCUT2D eigenvalue weighted by molar-refractivity contribution is 9.10. The molecule has 2 heterocycles. The molecule has 0 bridgehead atoms. The van der Waals surface area contributed by atoms with Crippen LogP contribution in [0.2, 0.25) is 0 Å². The molecule has 2 aliphatic heterocycles. The van der Waals surface area contributed by atoms with Crippen molar-refractivity contribution in [1.82, 2.24) is 9.80 Å². The molecule has 1 atom stereocenters. The summed E-state index contributed by atoms with van der Waals surface area (Å²) in [5.41, 5.74) is 1.61. The molecule has 0 N–H and O–H groups in total. The Kier molecular flexibility index (Phi) is 7.51. The van der Waals surface area contributed by atoms with E-state index in [4.69, 9.17) is 4.74 Å². The summed E-state index contributed by atoms with van der Waals surface area (Å²) in [6.45, 7) is 5.58. The molecule has 170 valence electrons. The number of ether oxygens (including phenoxy) is 1. The number of likely N-dealkylation sites (tertiary alicyclic amines) is 2. The van der Waals surface area contributed by atoms with Crippen molar-refractivity contribution in [2.24, 2.45) is 11.8 Å². The Hall–Kier alpha value is -2.34. The molecule has 2 amide bonds. The molecular formula is C26H31BrN2O3. The molecule has 6 heteroatoms. The molecular weight excluding hydrogens is 468 g/mol. The number of halogens is 1. The van der Waals surface area contributed by atoms with E-state index in [1.807, 2.05) is 58.3 Å². The molecule has 32 heavy (non-hydrogen) atoms. The summed E-state index contributed by atoms with van der Waals surface area (Å²) >= 11 is 3.54. The van der Waals surface area contributed by atoms with Gasteiger partial charge in [-0.05, 0) is 49.8 Å². The van der Waals surface area contributed by atoms with Crippen molar-refractivity contribution in [3.63, 3.8) is 0 Å². The number of nitrogens with zero attached hydrogens (tertiary/aromatic N) is 2. The molecule has 1 unspecified atom stereocenters. The average molecular weight is 499 g/mol. The monoisotopic (exact) mass is 498 g/mol. The van der Waals surface area contributed by atoms with Gasteiger partial charge in [0.2, 0.25) is 5.91 Å². The number of amides is 2. The second kappa shape index (κ2) is 10.5. The van der Waals surface area contributed by atoms with E-state index >= 15 is 0 Å². The zero-order chi connectivity index (χ0) is 22.5. The van der Waals surface area contributed by atoms with E-state index < -0.39 is 0 Å². The molecule has 0 radical (unpaired) electrons. The van der Waals surface area contributed by atoms with Gasteiger partial charge in [0.1, 0.15) is 12.4 Å². The highest BCUT2D eigenvalue weighted by atomic mass is 79.9. The van der Waals surface area contributed by atoms with Crippen molar-refractivity contribution < 1.29 is 14.3 Å². The predicted octanol–water partition coefficient (Wildman–Crippen LogP) is 5.14. The van der Waals surface area contributed by atoms with Gasteiger partial charge in [-0.3, -0.25) is 9.59 Å². The van der Waals surface area contributed by atoms with E-state index in [2.05, 4.69) is 22.9 Å². The van der Waals surface area contributed by atoms with Crippen molar-refractivity contribution in [3.05, 3.63) is 64.1 Å². The minimum atomic E-state index is -0.0229. The molecule has 2 saturated heterocycles. The fourth-order valence-electron chi connectivity index (χ4n) is 4.69. The largest absolute Gasteiger partial charge is 0.488 e. The fourth-order valence-corrected chi connectivity index (χ4v) is 5.09. The highest BCUT2D eigenvalue weighted by Crippen LogP contribution is 2.27. The lowest BCUT2D eigenvalue weighted by Crippen LogP contribution is -2.47. The SMILES string of the molecule is CC1CCCN(C(=O)C2CCN(C(=O)c3ccccc3OCc3ccccc3Br)CC2)C1. The molecule has 0 aliphatic carbocycles. The zero-order valence-electron chi connectivity index (χ0n) is 18.6. The topological polar surface area (TPSA) is 49.9 Å². The Morgan fingerprint density at radius 1 is 0.969 bits per heavy atom. The molecule has 4 rings (SSSR count). The van der Waals surface area contributed by atoms with E-state index in [1.54, 1.807) is 0 Å². The van der Waals surface area contributed by atoms with Gasteiger partial charge in [-0.2, -0.15) is 0 Å². The van der Waals surface area contributed by atoms with Crippen molar-refractivity contribution in [2.75, 3.05) is 26.2 Å². The van der Waals surface area contributed by atoms with E-state index in [-0.39, 0.29) is 17.7 Å². The Labute approximate surface area is 198 Å². The van der Waals surface area contributed by atoms with Crippen LogP contribution in [0.25, 0.3) is 0 Å². The Bertz CT molecular complexity index is 956. The first kappa shape index (κ1) is 22.8. The van der Waals surface area contributed by atoms with Gasteiger partial charge in [-0.15, -0.1) is 0 Å². The van der Waals surface area contributed by atoms with Gasteiger partial charge in [0, 0.05) is 42.1 Å². The van der Waals surface area contributed by atoms with Gasteiger partial charge in [-0.25, -0.2) is 0 Å². The molecule has 5 nitrogen and oxygen atoms in total. The van der Waals surface area contributed by atoms with E-state index in [0.29, 0.717) is 36.9 Å². The lowest BCUT2D eigenvalue weighted by atomic mass is 9.92. The summed E-state index contributed by atoms with van der Waals surface area (Å²) in [4.78, 5) is 30.1. The number of hydrogen-bond acceptors (Lipinski definition) is 3. The average Bonchev–Trinajstić information content (AvgIpc) is 2.83. The summed E-state index contributed by atoms with van der Waals surface area (Å²) in [6, 6.07) is 15.3. The van der Waals surface area contributed by atoms with Crippen LogP contribution in [-0.2, 0) is 11.4 Å². The van der Waals surface area contributed by atoms with Crippen LogP contribution in [0.3, 0.4) is 0 Å². The number of carbonyl (C=O) groups excluding carboxylic acids is 2. The number of para-hydroxylation sites is 1. The maximum atomic E-state index is 13.3. The Morgan fingerprint density at radius 3 is 2.44 bits per heavy atom. The summed E-state index contributed by atoms with van der Waals surface area (Å²) in [5.74, 6) is 1.47. The van der Waals surface area contributed by atoms with Crippen LogP contribution in [0.4, 0.5) is 0 Å². The van der Waals surface area contributed by atoms with E-state index in [1.165, 1.54) is 6.42 Å². The standard InChI is InChI=1S/C26H31BrN2O3/c1-19-7-6-14-29(17-19)25(30)20-12-15-28(16-13-20)26(31)22-9-3-5-11-24(22)32-18-21-8-2-4-10-23(21)27/h2-5,8-11,19-20H,6-7,12-18H2,1H3. The number of piperidine rings is 2. The molecule has 2 aliphatic rings. The van der Waals surface area contributed by atoms with Crippen LogP contribution in [0.15, 0.2) is 53.0 Å². The second-order valence-corrected chi connectivity index (χ2v) is 9.83. The lowest BCUT2D eigenvalue weighted by molar-refractivity contribution is -0.138. The van der Waals surface area contributed by atoms with Gasteiger partial charge in [0.15, 0.2) is 0 Å². The first-order valence-electron chi connectivity index (χ1n) is 11.6. The number of hydrogen-bond donors (Lipinski definition) is 0. The Balaban J connectivity index is 1.36. The van der Waals surface area contributed by atoms with Gasteiger partial charge >= 0.3 is 0 Å². The van der Waals surface area contributed by atoms with E-state index in [0.717, 1.165) is 42.4 Å². The minimum absolute atomic E-state index is 0.0229. The summed E-state index contributed by atoms with van der Waals surface area (Å²) in [5, 5.41) is 0. The van der Waals surface area contributed by atoms with Crippen LogP contribution in [-0.4, -0.2) is 47.8 Å². The number of rotatable bonds is 5. The van der Waals surface area contributed by atoms with Crippen LogP contribution < -0.4 is 4.74 Å². The van der Waals surface area contributed by atoms with Crippen molar-refractivity contribution in [1.29, 1.82) is 0 Å². The first-order valence-corrected chi connectivity index (χ1v) is 12.4. The maximum Gasteiger partial charge on any atom is 0.257 e. The van der Waals surface area contributed by atoms with E-state index in [9.17, 15) is 9.59 Å². The van der Waals surface area contributed by atoms with Gasteiger partial charge in [0.05, 0.1) is 5.56 Å². The third-order valence-corrected chi connectivity index (χ3v) is 7.33. The quantitative estimate of drug-likeness (QED) is 0.573. The maximum absolute atomic E-state index is 13.3. The molecule has 2 aromatic carbocycles. The molecule has 0 saturated carbocycles. The lowest BCUT2D eigenvalue weighted by Gasteiger charge is -2.37. The summed E-state index contributed by atoms with van der Waals surface area (Å²) in [6.07, 6.45) is 3.77. The third-order valence-electron chi connectivity index (χ3n) is 6.56. The van der Waals surface area contributed by atoms with Crippen molar-refractivity contribution in [3.8, 4) is 5.75 Å². The molecule has 0 spiro atoms. The second-order valence-electron chi connectivity index (χ2n) is 8.97. The number of benzene rings is 2. The van der Waals surface area contributed by atoms with Crippen LogP contribution in [0.5, 0.6) is 5.75 Å². The molecule has 2 fully saturated rings. The zero-order valence-corrected chi connectivity index (χ0v) is 20.2. The third kappa shape index (κ3) is 5.34. The van der Waals surface area contributed by atoms with Gasteiger partial charge in [0.25, 0.3) is 5.91 Å². The molecule has 0 aromatic heterocycles. The predicted molar refractivity (Wildman–Crippen MR) is 129 cm³/mol. The fraction of sp³-hybridized carbons (Fsp3) is 0.462. The van der Waals surface area contributed by atoms with Gasteiger partial charge < -0.3 is 14.5 Å². The highest BCUT2D eigenvalue weighted by Gasteiger charge is 2.32. The van der Waals surface area contributed by atoms with Gasteiger partial charge in [-0.1, -0.05) is 53.2 Å².